The van der Waals surface area contributed by atoms with Crippen LogP contribution in [0.1, 0.15) is 24.5 Å². The molecule has 0 atom stereocenters. The first-order valence-corrected chi connectivity index (χ1v) is 10.9. The number of fused-ring (bicyclic) bond motifs is 1. The summed E-state index contributed by atoms with van der Waals surface area (Å²) in [6, 6.07) is 13.1. The molecular weight excluding hydrogens is 416 g/mol. The average Bonchev–Trinajstić information content (AvgIpc) is 3.09. The van der Waals surface area contributed by atoms with Crippen LogP contribution in [0.25, 0.3) is 6.08 Å². The fourth-order valence-electron chi connectivity index (χ4n) is 3.58. The maximum atomic E-state index is 12.8. The van der Waals surface area contributed by atoms with Crippen LogP contribution in [-0.4, -0.2) is 36.8 Å². The second-order valence-corrected chi connectivity index (χ2v) is 8.07. The lowest BCUT2D eigenvalue weighted by Gasteiger charge is -2.29. The number of hydrogen-bond acceptors (Lipinski definition) is 6. The predicted octanol–water partition coefficient (Wildman–Crippen LogP) is 3.77. The van der Waals surface area contributed by atoms with E-state index in [2.05, 4.69) is 5.32 Å². The summed E-state index contributed by atoms with van der Waals surface area (Å²) in [5.41, 5.74) is 2.80. The van der Waals surface area contributed by atoms with Crippen LogP contribution in [0.4, 0.5) is 10.5 Å². The van der Waals surface area contributed by atoms with Crippen LogP contribution in [0.15, 0.2) is 47.4 Å². The van der Waals surface area contributed by atoms with Gasteiger partial charge < -0.3 is 14.4 Å². The van der Waals surface area contributed by atoms with E-state index in [1.807, 2.05) is 31.2 Å². The van der Waals surface area contributed by atoms with Gasteiger partial charge in [-0.3, -0.25) is 19.7 Å². The number of carbonyl (C=O) groups excluding carboxylic acids is 3. The molecule has 0 unspecified atom stereocenters. The van der Waals surface area contributed by atoms with Crippen LogP contribution in [0.2, 0.25) is 0 Å². The van der Waals surface area contributed by atoms with Gasteiger partial charge in [0.25, 0.3) is 17.1 Å². The third-order valence-electron chi connectivity index (χ3n) is 4.97. The molecule has 31 heavy (non-hydrogen) atoms. The van der Waals surface area contributed by atoms with E-state index < -0.39 is 5.91 Å². The Balaban J connectivity index is 1.48. The van der Waals surface area contributed by atoms with Crippen molar-refractivity contribution in [1.29, 1.82) is 0 Å². The summed E-state index contributed by atoms with van der Waals surface area (Å²) < 4.78 is 11.5. The van der Waals surface area contributed by atoms with Gasteiger partial charge in [-0.1, -0.05) is 24.3 Å². The number of benzene rings is 2. The third-order valence-corrected chi connectivity index (χ3v) is 5.78. The molecule has 2 aliphatic rings. The van der Waals surface area contributed by atoms with Crippen molar-refractivity contribution in [2.75, 3.05) is 24.7 Å². The van der Waals surface area contributed by atoms with Gasteiger partial charge in [0, 0.05) is 12.2 Å². The second-order valence-electron chi connectivity index (χ2n) is 7.06. The molecule has 1 N–H and O–H groups in total. The molecule has 4 rings (SSSR count). The summed E-state index contributed by atoms with van der Waals surface area (Å²) in [5, 5.41) is 1.84. The van der Waals surface area contributed by atoms with Gasteiger partial charge in [0.15, 0.2) is 18.1 Å². The number of para-hydroxylation sites is 1. The first-order chi connectivity index (χ1) is 15.0. The maximum Gasteiger partial charge on any atom is 0.290 e. The summed E-state index contributed by atoms with van der Waals surface area (Å²) in [7, 11) is 0. The van der Waals surface area contributed by atoms with Crippen LogP contribution in [0, 0.1) is 0 Å². The number of rotatable bonds is 6. The van der Waals surface area contributed by atoms with Crippen molar-refractivity contribution in [3.8, 4) is 11.5 Å². The lowest BCUT2D eigenvalue weighted by Crippen LogP contribution is -2.38. The molecule has 0 bridgehead atoms. The molecule has 2 aliphatic heterocycles. The van der Waals surface area contributed by atoms with Gasteiger partial charge in [-0.25, -0.2) is 0 Å². The van der Waals surface area contributed by atoms with Crippen molar-refractivity contribution < 1.29 is 23.9 Å². The van der Waals surface area contributed by atoms with Crippen LogP contribution < -0.4 is 19.7 Å². The van der Waals surface area contributed by atoms with E-state index in [0.29, 0.717) is 35.1 Å². The molecule has 1 saturated heterocycles. The molecule has 2 aromatic rings. The van der Waals surface area contributed by atoms with Gasteiger partial charge in [-0.05, 0) is 66.9 Å². The number of nitrogens with zero attached hydrogens (tertiary/aromatic N) is 1. The Hall–Kier alpha value is -3.26. The molecule has 2 heterocycles. The summed E-state index contributed by atoms with van der Waals surface area (Å²) >= 11 is 0.856. The van der Waals surface area contributed by atoms with Gasteiger partial charge in [-0.2, -0.15) is 0 Å². The van der Waals surface area contributed by atoms with Crippen molar-refractivity contribution in [2.24, 2.45) is 0 Å². The number of imide groups is 1. The Labute approximate surface area is 184 Å². The lowest BCUT2D eigenvalue weighted by molar-refractivity contribution is -0.120. The standard InChI is InChI=1S/C23H22N2O5S/c1-2-29-19-12-15(13-20-22(27)24-23(28)31-20)9-10-18(19)30-14-21(26)25-11-5-7-16-6-3-4-8-17(16)25/h3-4,6,8-10,12-13H,2,5,7,11,14H2,1H3,(H,24,27,28)/b20-13+. The third kappa shape index (κ3) is 4.74. The number of ether oxygens (including phenoxy) is 2. The number of nitrogens with one attached hydrogen (secondary N) is 1. The first-order valence-electron chi connectivity index (χ1n) is 10.1. The van der Waals surface area contributed by atoms with Gasteiger partial charge in [0.05, 0.1) is 11.5 Å². The number of aryl methyl sites for hydroxylation is 1. The number of anilines is 1. The summed E-state index contributed by atoms with van der Waals surface area (Å²) in [5.74, 6) is 0.389. The zero-order chi connectivity index (χ0) is 21.8. The predicted molar refractivity (Wildman–Crippen MR) is 119 cm³/mol. The molecular formula is C23H22N2O5S. The van der Waals surface area contributed by atoms with Crippen molar-refractivity contribution in [3.05, 3.63) is 58.5 Å². The van der Waals surface area contributed by atoms with E-state index in [4.69, 9.17) is 9.47 Å². The number of thioether (sulfide) groups is 1. The van der Waals surface area contributed by atoms with Crippen LogP contribution in [0.3, 0.4) is 0 Å². The minimum Gasteiger partial charge on any atom is -0.490 e. The minimum absolute atomic E-state index is 0.110. The second kappa shape index (κ2) is 9.26. The molecule has 0 saturated carbocycles. The summed E-state index contributed by atoms with van der Waals surface area (Å²) in [6.07, 6.45) is 3.51. The zero-order valence-corrected chi connectivity index (χ0v) is 17.9. The van der Waals surface area contributed by atoms with Crippen molar-refractivity contribution in [2.45, 2.75) is 19.8 Å². The lowest BCUT2D eigenvalue weighted by atomic mass is 10.0. The fourth-order valence-corrected chi connectivity index (χ4v) is 4.27. The van der Waals surface area contributed by atoms with Crippen molar-refractivity contribution in [1.82, 2.24) is 5.32 Å². The topological polar surface area (TPSA) is 84.9 Å². The first kappa shape index (κ1) is 21.0. The quantitative estimate of drug-likeness (QED) is 0.691. The zero-order valence-electron chi connectivity index (χ0n) is 17.1. The highest BCUT2D eigenvalue weighted by atomic mass is 32.2. The van der Waals surface area contributed by atoms with Crippen LogP contribution in [0.5, 0.6) is 11.5 Å². The molecule has 3 amide bonds. The molecule has 0 spiro atoms. The Kier molecular flexibility index (Phi) is 6.27. The van der Waals surface area contributed by atoms with E-state index in [9.17, 15) is 14.4 Å². The van der Waals surface area contributed by atoms with Crippen LogP contribution in [-0.2, 0) is 16.0 Å². The Morgan fingerprint density at radius 3 is 2.77 bits per heavy atom. The largest absolute Gasteiger partial charge is 0.490 e. The highest BCUT2D eigenvalue weighted by molar-refractivity contribution is 8.18. The number of amides is 3. The SMILES string of the molecule is CCOc1cc(/C=C2/SC(=O)NC2=O)ccc1OCC(=O)N1CCCc2ccccc21. The van der Waals surface area contributed by atoms with Crippen molar-refractivity contribution >= 4 is 40.6 Å². The van der Waals surface area contributed by atoms with E-state index in [-0.39, 0.29) is 17.8 Å². The number of carbonyl (C=O) groups is 3. The highest BCUT2D eigenvalue weighted by Crippen LogP contribution is 2.32. The van der Waals surface area contributed by atoms with Gasteiger partial charge >= 0.3 is 0 Å². The Morgan fingerprint density at radius 1 is 1.16 bits per heavy atom. The minimum atomic E-state index is -0.416. The average molecular weight is 439 g/mol. The van der Waals surface area contributed by atoms with Gasteiger partial charge in [0.1, 0.15) is 0 Å². The van der Waals surface area contributed by atoms with Crippen LogP contribution >= 0.6 is 11.8 Å². The molecule has 2 aromatic carbocycles. The van der Waals surface area contributed by atoms with Crippen molar-refractivity contribution in [3.63, 3.8) is 0 Å². The van der Waals surface area contributed by atoms with E-state index in [1.165, 1.54) is 5.56 Å². The Morgan fingerprint density at radius 2 is 2.00 bits per heavy atom. The molecule has 0 radical (unpaired) electrons. The molecule has 8 heteroatoms. The number of hydrogen-bond donors (Lipinski definition) is 1. The van der Waals surface area contributed by atoms with E-state index >= 15 is 0 Å². The normalized spacial score (nSPS) is 16.8. The maximum absolute atomic E-state index is 12.8. The summed E-state index contributed by atoms with van der Waals surface area (Å²) in [4.78, 5) is 38.0. The summed E-state index contributed by atoms with van der Waals surface area (Å²) in [6.45, 7) is 2.82. The monoisotopic (exact) mass is 438 g/mol. The highest BCUT2D eigenvalue weighted by Gasteiger charge is 2.25. The Bertz CT molecular complexity index is 1070. The molecule has 7 nitrogen and oxygen atoms in total. The smallest absolute Gasteiger partial charge is 0.290 e. The van der Waals surface area contributed by atoms with Gasteiger partial charge in [0.2, 0.25) is 0 Å². The molecule has 1 fully saturated rings. The van der Waals surface area contributed by atoms with E-state index in [0.717, 1.165) is 30.3 Å². The molecule has 0 aliphatic carbocycles. The van der Waals surface area contributed by atoms with Gasteiger partial charge in [-0.15, -0.1) is 0 Å². The molecule has 160 valence electrons. The molecule has 0 aromatic heterocycles. The van der Waals surface area contributed by atoms with E-state index in [1.54, 1.807) is 29.2 Å². The fraction of sp³-hybridized carbons (Fsp3) is 0.261.